The molecule has 0 atom stereocenters. The number of methoxy groups -OCH3 is 1. The molecule has 0 radical (unpaired) electrons. The molecule has 0 aromatic heterocycles. The van der Waals surface area contributed by atoms with Crippen molar-refractivity contribution in [3.63, 3.8) is 0 Å². The number of benzene rings is 2. The lowest BCUT2D eigenvalue weighted by molar-refractivity contribution is 0.412. The number of nitrogens with zero attached hydrogens (tertiary/aromatic N) is 1. The smallest absolute Gasteiger partial charge is 0.206 e. The van der Waals surface area contributed by atoms with E-state index < -0.39 is 9.84 Å². The molecule has 3 rings (SSSR count). The Hall–Kier alpha value is -2.05. The molecule has 0 unspecified atom stereocenters. The second-order valence-electron chi connectivity index (χ2n) is 5.39. The lowest BCUT2D eigenvalue weighted by Gasteiger charge is -2.30. The van der Waals surface area contributed by atoms with Gasteiger partial charge in [0.2, 0.25) is 9.84 Å². The van der Waals surface area contributed by atoms with Gasteiger partial charge in [-0.1, -0.05) is 18.2 Å². The fourth-order valence-corrected chi connectivity index (χ4v) is 4.03. The minimum atomic E-state index is -3.52. The first-order chi connectivity index (χ1) is 11.1. The van der Waals surface area contributed by atoms with Crippen molar-refractivity contribution in [3.8, 4) is 5.75 Å². The quantitative estimate of drug-likeness (QED) is 0.927. The van der Waals surface area contributed by atoms with Crippen molar-refractivity contribution in [2.45, 2.75) is 9.79 Å². The number of piperazine rings is 1. The molecule has 2 aromatic carbocycles. The number of nitrogens with one attached hydrogen (secondary N) is 1. The largest absolute Gasteiger partial charge is 0.495 e. The van der Waals surface area contributed by atoms with Crippen molar-refractivity contribution in [1.29, 1.82) is 0 Å². The van der Waals surface area contributed by atoms with Crippen molar-refractivity contribution in [1.82, 2.24) is 5.32 Å². The van der Waals surface area contributed by atoms with Gasteiger partial charge in [0.15, 0.2) is 0 Å². The maximum absolute atomic E-state index is 12.8. The summed E-state index contributed by atoms with van der Waals surface area (Å²) in [7, 11) is -1.92. The predicted octanol–water partition coefficient (Wildman–Crippen LogP) is 1.94. The molecule has 23 heavy (non-hydrogen) atoms. The zero-order valence-electron chi connectivity index (χ0n) is 13.0. The van der Waals surface area contributed by atoms with Gasteiger partial charge in [-0.05, 0) is 30.3 Å². The van der Waals surface area contributed by atoms with E-state index in [4.69, 9.17) is 4.74 Å². The third-order valence-corrected chi connectivity index (χ3v) is 5.74. The number of anilines is 1. The van der Waals surface area contributed by atoms with Crippen LogP contribution in [-0.2, 0) is 9.84 Å². The summed E-state index contributed by atoms with van der Waals surface area (Å²) < 4.78 is 31.0. The zero-order chi connectivity index (χ0) is 16.3. The summed E-state index contributed by atoms with van der Waals surface area (Å²) in [6.45, 7) is 3.40. The molecule has 0 amide bonds. The van der Waals surface area contributed by atoms with Crippen LogP contribution < -0.4 is 15.0 Å². The minimum absolute atomic E-state index is 0.290. The van der Waals surface area contributed by atoms with E-state index in [1.54, 1.807) is 55.6 Å². The summed E-state index contributed by atoms with van der Waals surface area (Å²) >= 11 is 0. The van der Waals surface area contributed by atoms with Gasteiger partial charge in [-0.15, -0.1) is 0 Å². The molecule has 5 nitrogen and oxygen atoms in total. The summed E-state index contributed by atoms with van der Waals surface area (Å²) in [5.41, 5.74) is 0.825. The Balaban J connectivity index is 2.04. The molecule has 122 valence electrons. The minimum Gasteiger partial charge on any atom is -0.495 e. The molecule has 0 bridgehead atoms. The highest BCUT2D eigenvalue weighted by Gasteiger charge is 2.22. The molecule has 1 fully saturated rings. The number of ether oxygens (including phenoxy) is 1. The lowest BCUT2D eigenvalue weighted by atomic mass is 10.2. The van der Waals surface area contributed by atoms with Crippen LogP contribution in [0, 0.1) is 0 Å². The molecule has 0 aliphatic carbocycles. The highest BCUT2D eigenvalue weighted by Crippen LogP contribution is 2.33. The summed E-state index contributed by atoms with van der Waals surface area (Å²) in [6, 6.07) is 13.5. The van der Waals surface area contributed by atoms with Crippen LogP contribution in [0.25, 0.3) is 0 Å². The Morgan fingerprint density at radius 1 is 1.00 bits per heavy atom. The number of rotatable bonds is 4. The molecule has 1 N–H and O–H groups in total. The van der Waals surface area contributed by atoms with Crippen LogP contribution in [0.5, 0.6) is 5.75 Å². The van der Waals surface area contributed by atoms with Crippen molar-refractivity contribution in [2.75, 3.05) is 38.2 Å². The van der Waals surface area contributed by atoms with Gasteiger partial charge >= 0.3 is 0 Å². The standard InChI is InChI=1S/C17H20N2O3S/c1-22-17-8-7-15(13-16(17)19-11-9-18-10-12-19)23(20,21)14-5-3-2-4-6-14/h2-8,13,18H,9-12H2,1H3. The van der Waals surface area contributed by atoms with Crippen molar-refractivity contribution in [2.24, 2.45) is 0 Å². The Morgan fingerprint density at radius 2 is 1.70 bits per heavy atom. The lowest BCUT2D eigenvalue weighted by Crippen LogP contribution is -2.43. The number of sulfone groups is 1. The Kier molecular flexibility index (Phi) is 4.54. The van der Waals surface area contributed by atoms with E-state index in [0.29, 0.717) is 10.6 Å². The Labute approximate surface area is 136 Å². The highest BCUT2D eigenvalue weighted by molar-refractivity contribution is 7.91. The van der Waals surface area contributed by atoms with Gasteiger partial charge in [-0.25, -0.2) is 8.42 Å². The van der Waals surface area contributed by atoms with Gasteiger partial charge in [-0.3, -0.25) is 0 Å². The normalized spacial score (nSPS) is 15.4. The van der Waals surface area contributed by atoms with E-state index in [2.05, 4.69) is 10.2 Å². The summed E-state index contributed by atoms with van der Waals surface area (Å²) in [4.78, 5) is 2.74. The SMILES string of the molecule is COc1ccc(S(=O)(=O)c2ccccc2)cc1N1CCNCC1. The Bertz CT molecular complexity index is 770. The van der Waals surface area contributed by atoms with Crippen LogP contribution in [0.4, 0.5) is 5.69 Å². The maximum Gasteiger partial charge on any atom is 0.206 e. The summed E-state index contributed by atoms with van der Waals surface area (Å²) in [5.74, 6) is 0.693. The second-order valence-corrected chi connectivity index (χ2v) is 7.34. The summed E-state index contributed by atoms with van der Waals surface area (Å²) in [6.07, 6.45) is 0. The van der Waals surface area contributed by atoms with Gasteiger partial charge in [0.1, 0.15) is 5.75 Å². The fraction of sp³-hybridized carbons (Fsp3) is 0.294. The third kappa shape index (κ3) is 3.18. The van der Waals surface area contributed by atoms with Crippen LogP contribution in [0.15, 0.2) is 58.3 Å². The average molecular weight is 332 g/mol. The highest BCUT2D eigenvalue weighted by atomic mass is 32.2. The van der Waals surface area contributed by atoms with Crippen LogP contribution >= 0.6 is 0 Å². The van der Waals surface area contributed by atoms with Crippen molar-refractivity contribution >= 4 is 15.5 Å². The van der Waals surface area contributed by atoms with Crippen molar-refractivity contribution < 1.29 is 13.2 Å². The van der Waals surface area contributed by atoms with E-state index in [0.717, 1.165) is 31.9 Å². The third-order valence-electron chi connectivity index (χ3n) is 3.97. The first-order valence-electron chi connectivity index (χ1n) is 7.57. The second kappa shape index (κ2) is 6.60. The monoisotopic (exact) mass is 332 g/mol. The number of hydrogen-bond acceptors (Lipinski definition) is 5. The first-order valence-corrected chi connectivity index (χ1v) is 9.05. The predicted molar refractivity (Wildman–Crippen MR) is 90.0 cm³/mol. The maximum atomic E-state index is 12.8. The van der Waals surface area contributed by atoms with E-state index in [9.17, 15) is 8.42 Å². The van der Waals surface area contributed by atoms with E-state index in [-0.39, 0.29) is 4.90 Å². The number of hydrogen-bond donors (Lipinski definition) is 1. The average Bonchev–Trinajstić information content (AvgIpc) is 2.62. The fourth-order valence-electron chi connectivity index (χ4n) is 2.73. The molecule has 0 saturated carbocycles. The summed E-state index contributed by atoms with van der Waals surface area (Å²) in [5, 5.41) is 3.29. The molecule has 1 aliphatic rings. The van der Waals surface area contributed by atoms with E-state index in [1.807, 2.05) is 0 Å². The first kappa shape index (κ1) is 15.8. The van der Waals surface area contributed by atoms with Gasteiger partial charge in [-0.2, -0.15) is 0 Å². The van der Waals surface area contributed by atoms with Gasteiger partial charge in [0.05, 0.1) is 22.6 Å². The van der Waals surface area contributed by atoms with Crippen LogP contribution in [0.2, 0.25) is 0 Å². The molecule has 2 aromatic rings. The van der Waals surface area contributed by atoms with Crippen LogP contribution in [0.3, 0.4) is 0 Å². The molecule has 1 heterocycles. The molecule has 0 spiro atoms. The van der Waals surface area contributed by atoms with Gasteiger partial charge in [0.25, 0.3) is 0 Å². The Morgan fingerprint density at radius 3 is 2.35 bits per heavy atom. The molecule has 6 heteroatoms. The van der Waals surface area contributed by atoms with Crippen LogP contribution in [-0.4, -0.2) is 41.7 Å². The van der Waals surface area contributed by atoms with Gasteiger partial charge < -0.3 is 15.0 Å². The molecule has 1 saturated heterocycles. The van der Waals surface area contributed by atoms with Gasteiger partial charge in [0, 0.05) is 26.2 Å². The molecule has 1 aliphatic heterocycles. The molecular weight excluding hydrogens is 312 g/mol. The van der Waals surface area contributed by atoms with E-state index in [1.165, 1.54) is 0 Å². The molecular formula is C17H20N2O3S. The van der Waals surface area contributed by atoms with Crippen LogP contribution in [0.1, 0.15) is 0 Å². The zero-order valence-corrected chi connectivity index (χ0v) is 13.8. The van der Waals surface area contributed by atoms with Crippen molar-refractivity contribution in [3.05, 3.63) is 48.5 Å². The topological polar surface area (TPSA) is 58.6 Å². The van der Waals surface area contributed by atoms with E-state index >= 15 is 0 Å².